The Morgan fingerprint density at radius 3 is 2.88 bits per heavy atom. The quantitative estimate of drug-likeness (QED) is 0.425. The Balaban J connectivity index is 1.40. The van der Waals surface area contributed by atoms with E-state index >= 15 is 0 Å². The number of aryl methyl sites for hydroxylation is 1. The highest BCUT2D eigenvalue weighted by Crippen LogP contribution is 2.31. The number of para-hydroxylation sites is 2. The van der Waals surface area contributed by atoms with Gasteiger partial charge in [0, 0.05) is 6.20 Å². The number of ether oxygens (including phenoxy) is 2. The van der Waals surface area contributed by atoms with Gasteiger partial charge in [0.15, 0.2) is 17.1 Å². The fraction of sp³-hybridized carbons (Fsp3) is 0.167. The summed E-state index contributed by atoms with van der Waals surface area (Å²) < 4.78 is 27.9. The average molecular weight is 458 g/mol. The zero-order valence-electron chi connectivity index (χ0n) is 18.1. The Hall–Kier alpha value is -4.47. The highest BCUT2D eigenvalue weighted by atomic mass is 19.1. The van der Waals surface area contributed by atoms with Crippen LogP contribution in [0.2, 0.25) is 0 Å². The van der Waals surface area contributed by atoms with E-state index in [2.05, 4.69) is 25.5 Å². The van der Waals surface area contributed by atoms with Crippen LogP contribution in [0.5, 0.6) is 11.5 Å². The number of pyridine rings is 1. The van der Waals surface area contributed by atoms with Crippen LogP contribution < -0.4 is 20.3 Å². The summed E-state index contributed by atoms with van der Waals surface area (Å²) in [4.78, 5) is 22.2. The zero-order valence-corrected chi connectivity index (χ0v) is 18.1. The van der Waals surface area contributed by atoms with Gasteiger partial charge in [-0.05, 0) is 36.8 Å². The number of aromatic nitrogens is 5. The van der Waals surface area contributed by atoms with Crippen molar-refractivity contribution < 1.29 is 13.9 Å². The van der Waals surface area contributed by atoms with Crippen molar-refractivity contribution in [1.29, 1.82) is 0 Å². The van der Waals surface area contributed by atoms with E-state index in [-0.39, 0.29) is 23.4 Å². The molecule has 0 fully saturated rings. The number of anilines is 1. The van der Waals surface area contributed by atoms with E-state index in [0.29, 0.717) is 40.9 Å². The molecule has 0 saturated carbocycles. The van der Waals surface area contributed by atoms with E-state index in [1.54, 1.807) is 25.3 Å². The van der Waals surface area contributed by atoms with Crippen molar-refractivity contribution >= 4 is 27.9 Å². The first-order chi connectivity index (χ1) is 16.6. The fourth-order valence-corrected chi connectivity index (χ4v) is 4.06. The van der Waals surface area contributed by atoms with Crippen molar-refractivity contribution in [2.24, 2.45) is 0 Å². The number of fused-ring (bicyclic) bond motifs is 4. The third-order valence-electron chi connectivity index (χ3n) is 5.72. The molecule has 1 aliphatic rings. The first-order valence-electron chi connectivity index (χ1n) is 10.7. The topological polar surface area (TPSA) is 107 Å². The van der Waals surface area contributed by atoms with Crippen molar-refractivity contribution in [2.45, 2.75) is 13.0 Å². The summed E-state index contributed by atoms with van der Waals surface area (Å²) in [6.45, 7) is 2.52. The lowest BCUT2D eigenvalue weighted by Crippen LogP contribution is -2.35. The van der Waals surface area contributed by atoms with Gasteiger partial charge in [-0.3, -0.25) is 14.5 Å². The fourth-order valence-electron chi connectivity index (χ4n) is 4.06. The van der Waals surface area contributed by atoms with Crippen LogP contribution in [-0.4, -0.2) is 44.0 Å². The second-order valence-corrected chi connectivity index (χ2v) is 8.06. The third-order valence-corrected chi connectivity index (χ3v) is 5.72. The molecule has 0 radical (unpaired) electrons. The first-order valence-corrected chi connectivity index (χ1v) is 10.7. The molecule has 2 aromatic carbocycles. The zero-order chi connectivity index (χ0) is 23.2. The summed E-state index contributed by atoms with van der Waals surface area (Å²) >= 11 is 0. The van der Waals surface area contributed by atoms with E-state index in [1.165, 1.54) is 16.8 Å². The Kier molecular flexibility index (Phi) is 4.65. The van der Waals surface area contributed by atoms with Gasteiger partial charge < -0.3 is 14.8 Å². The smallest absolute Gasteiger partial charge is 0.267 e. The third kappa shape index (κ3) is 3.31. The maximum absolute atomic E-state index is 14.9. The lowest BCUT2D eigenvalue weighted by molar-refractivity contribution is 0.0996. The second kappa shape index (κ2) is 7.84. The molecule has 6 rings (SSSR count). The number of hydrogen-bond acceptors (Lipinski definition) is 7. The minimum Gasteiger partial charge on any atom is -0.486 e. The van der Waals surface area contributed by atoms with Gasteiger partial charge in [-0.25, -0.2) is 9.37 Å². The highest BCUT2D eigenvalue weighted by Gasteiger charge is 2.22. The number of benzene rings is 2. The van der Waals surface area contributed by atoms with E-state index in [1.807, 2.05) is 24.3 Å². The molecule has 0 amide bonds. The van der Waals surface area contributed by atoms with Crippen LogP contribution in [0, 0.1) is 12.7 Å². The number of halogens is 1. The molecule has 2 N–H and O–H groups in total. The summed E-state index contributed by atoms with van der Waals surface area (Å²) in [5, 5.41) is 10.8. The Morgan fingerprint density at radius 2 is 2.03 bits per heavy atom. The Morgan fingerprint density at radius 1 is 1.18 bits per heavy atom. The van der Waals surface area contributed by atoms with Crippen molar-refractivity contribution in [2.75, 3.05) is 18.5 Å². The Labute approximate surface area is 192 Å². The summed E-state index contributed by atoms with van der Waals surface area (Å²) in [5.74, 6) is 1.12. The first kappa shape index (κ1) is 20.2. The van der Waals surface area contributed by atoms with Crippen LogP contribution in [0.15, 0.2) is 59.7 Å². The van der Waals surface area contributed by atoms with Crippen molar-refractivity contribution in [3.63, 3.8) is 0 Å². The average Bonchev–Trinajstić information content (AvgIpc) is 3.34. The van der Waals surface area contributed by atoms with Crippen LogP contribution >= 0.6 is 0 Å². The van der Waals surface area contributed by atoms with E-state index < -0.39 is 11.4 Å². The standard InChI is InChI=1S/C24H19FN6O3/c1-13-6-7-18(17(25)8-13)31-22-15(21-16(23(31)32)11-28-30-21)10-27-24(29-22)26-9-14-12-33-19-4-2-3-5-20(19)34-14/h2-8,10-11,14H,9,12H2,1H3,(H,28,30)(H,26,27,29). The molecule has 170 valence electrons. The lowest BCUT2D eigenvalue weighted by Gasteiger charge is -2.26. The molecule has 1 unspecified atom stereocenters. The number of hydrogen-bond donors (Lipinski definition) is 2. The summed E-state index contributed by atoms with van der Waals surface area (Å²) in [6.07, 6.45) is 2.74. The normalized spacial score (nSPS) is 15.1. The summed E-state index contributed by atoms with van der Waals surface area (Å²) in [5.41, 5.74) is 1.18. The molecule has 10 heteroatoms. The van der Waals surface area contributed by atoms with Crippen LogP contribution in [0.4, 0.5) is 10.3 Å². The number of H-pyrrole nitrogens is 1. The van der Waals surface area contributed by atoms with E-state index in [0.717, 1.165) is 5.56 Å². The number of rotatable bonds is 4. The molecular weight excluding hydrogens is 439 g/mol. The summed E-state index contributed by atoms with van der Waals surface area (Å²) in [6, 6.07) is 12.2. The number of aromatic amines is 1. The van der Waals surface area contributed by atoms with Crippen molar-refractivity contribution in [3.8, 4) is 17.2 Å². The van der Waals surface area contributed by atoms with E-state index in [9.17, 15) is 9.18 Å². The van der Waals surface area contributed by atoms with Crippen LogP contribution in [0.1, 0.15) is 5.56 Å². The molecule has 5 aromatic rings. The van der Waals surface area contributed by atoms with Crippen LogP contribution in [-0.2, 0) is 0 Å². The predicted molar refractivity (Wildman–Crippen MR) is 124 cm³/mol. The molecule has 1 aliphatic heterocycles. The molecule has 4 heterocycles. The van der Waals surface area contributed by atoms with Gasteiger partial charge in [0.2, 0.25) is 5.95 Å². The lowest BCUT2D eigenvalue weighted by atomic mass is 10.2. The van der Waals surface area contributed by atoms with E-state index in [4.69, 9.17) is 9.47 Å². The van der Waals surface area contributed by atoms with Gasteiger partial charge in [-0.1, -0.05) is 18.2 Å². The molecule has 3 aromatic heterocycles. The monoisotopic (exact) mass is 458 g/mol. The van der Waals surface area contributed by atoms with Gasteiger partial charge in [0.1, 0.15) is 18.5 Å². The number of nitrogens with zero attached hydrogens (tertiary/aromatic N) is 4. The molecule has 9 nitrogen and oxygen atoms in total. The van der Waals surface area contributed by atoms with Crippen molar-refractivity contribution in [1.82, 2.24) is 24.7 Å². The maximum atomic E-state index is 14.9. The molecule has 0 aliphatic carbocycles. The van der Waals surface area contributed by atoms with Crippen LogP contribution in [0.3, 0.4) is 0 Å². The molecule has 0 saturated heterocycles. The molecule has 0 spiro atoms. The minimum atomic E-state index is -0.522. The Bertz CT molecular complexity index is 1610. The van der Waals surface area contributed by atoms with Gasteiger partial charge in [-0.2, -0.15) is 10.1 Å². The van der Waals surface area contributed by atoms with Crippen LogP contribution in [0.25, 0.3) is 27.6 Å². The molecule has 0 bridgehead atoms. The van der Waals surface area contributed by atoms with Gasteiger partial charge >= 0.3 is 0 Å². The predicted octanol–water partition coefficient (Wildman–Crippen LogP) is 3.36. The second-order valence-electron chi connectivity index (χ2n) is 8.06. The molecular formula is C24H19FN6O3. The van der Waals surface area contributed by atoms with Gasteiger partial charge in [0.25, 0.3) is 5.56 Å². The maximum Gasteiger partial charge on any atom is 0.267 e. The van der Waals surface area contributed by atoms with Crippen molar-refractivity contribution in [3.05, 3.63) is 76.6 Å². The largest absolute Gasteiger partial charge is 0.486 e. The molecule has 34 heavy (non-hydrogen) atoms. The molecule has 1 atom stereocenters. The SMILES string of the molecule is Cc1ccc(-n2c(=O)c3cn[nH]c3c3cnc(NCC4COc5ccccc5O4)nc32)c(F)c1. The number of nitrogens with one attached hydrogen (secondary N) is 2. The summed E-state index contributed by atoms with van der Waals surface area (Å²) in [7, 11) is 0. The van der Waals surface area contributed by atoms with Gasteiger partial charge in [0.05, 0.1) is 34.7 Å². The minimum absolute atomic E-state index is 0.106. The highest BCUT2D eigenvalue weighted by molar-refractivity contribution is 6.02. The van der Waals surface area contributed by atoms with Gasteiger partial charge in [-0.15, -0.1) is 0 Å².